The average Bonchev–Trinajstić information content (AvgIpc) is 3.49. The van der Waals surface area contributed by atoms with Gasteiger partial charge in [-0.3, -0.25) is 0 Å². The Morgan fingerprint density at radius 3 is 2.06 bits per heavy atom. The molecular formula is C26H28O6. The zero-order valence-electron chi connectivity index (χ0n) is 17.9. The van der Waals surface area contributed by atoms with E-state index in [-0.39, 0.29) is 34.8 Å². The third kappa shape index (κ3) is 3.61. The second-order valence-corrected chi connectivity index (χ2v) is 9.60. The quantitative estimate of drug-likeness (QED) is 0.645. The van der Waals surface area contributed by atoms with Crippen LogP contribution in [-0.2, 0) is 9.47 Å². The molecule has 3 fully saturated rings. The molecule has 32 heavy (non-hydrogen) atoms. The summed E-state index contributed by atoms with van der Waals surface area (Å²) < 4.78 is 11.5. The number of hydrogen-bond donors (Lipinski definition) is 2. The van der Waals surface area contributed by atoms with Crippen LogP contribution in [0.15, 0.2) is 48.5 Å². The zero-order valence-corrected chi connectivity index (χ0v) is 17.9. The van der Waals surface area contributed by atoms with Gasteiger partial charge in [-0.15, -0.1) is 0 Å². The number of ether oxygens (including phenoxy) is 2. The highest BCUT2D eigenvalue weighted by atomic mass is 16.5. The minimum Gasteiger partial charge on any atom is -0.508 e. The summed E-state index contributed by atoms with van der Waals surface area (Å²) in [6.45, 7) is 0.780. The highest BCUT2D eigenvalue weighted by Gasteiger charge is 2.63. The number of hydrogen-bond acceptors (Lipinski definition) is 6. The first-order valence-corrected chi connectivity index (χ1v) is 11.4. The fourth-order valence-corrected chi connectivity index (χ4v) is 6.68. The standard InChI is InChI=1S/C26H28O6/c27-21-7-2-16(3-8-21)24(29)31-14-19-11-12-26(20-6-1-18(13-20)23(19)26)15-32-25(30)17-4-9-22(28)10-5-17/h2-5,7-10,18-20,23,27-28H,1,6,11-15H2. The maximum atomic E-state index is 12.6. The molecule has 0 radical (unpaired) electrons. The van der Waals surface area contributed by atoms with Crippen LogP contribution < -0.4 is 0 Å². The lowest BCUT2D eigenvalue weighted by atomic mass is 9.66. The normalized spacial score (nSPS) is 30.1. The van der Waals surface area contributed by atoms with Crippen LogP contribution >= 0.6 is 0 Å². The van der Waals surface area contributed by atoms with Crippen LogP contribution in [0.1, 0.15) is 52.8 Å². The van der Waals surface area contributed by atoms with Crippen molar-refractivity contribution in [2.75, 3.05) is 13.2 Å². The molecule has 3 aliphatic carbocycles. The molecule has 5 unspecified atom stereocenters. The highest BCUT2D eigenvalue weighted by Crippen LogP contribution is 2.68. The number of carbonyl (C=O) groups is 2. The highest BCUT2D eigenvalue weighted by molar-refractivity contribution is 5.90. The van der Waals surface area contributed by atoms with Crippen LogP contribution in [0.2, 0.25) is 0 Å². The molecule has 168 valence electrons. The van der Waals surface area contributed by atoms with Crippen molar-refractivity contribution in [2.24, 2.45) is 29.1 Å². The summed E-state index contributed by atoms with van der Waals surface area (Å²) in [5.41, 5.74) is 0.851. The Morgan fingerprint density at radius 2 is 1.44 bits per heavy atom. The summed E-state index contributed by atoms with van der Waals surface area (Å²) in [5, 5.41) is 18.8. The van der Waals surface area contributed by atoms with Crippen molar-refractivity contribution in [3.63, 3.8) is 0 Å². The van der Waals surface area contributed by atoms with E-state index < -0.39 is 0 Å². The molecule has 2 N–H and O–H groups in total. The van der Waals surface area contributed by atoms with Crippen molar-refractivity contribution in [2.45, 2.75) is 32.1 Å². The van der Waals surface area contributed by atoms with Crippen LogP contribution in [0, 0.1) is 29.1 Å². The van der Waals surface area contributed by atoms with E-state index in [9.17, 15) is 19.8 Å². The lowest BCUT2D eigenvalue weighted by Crippen LogP contribution is -2.40. The molecule has 2 aromatic carbocycles. The van der Waals surface area contributed by atoms with Crippen LogP contribution in [0.3, 0.4) is 0 Å². The number of esters is 2. The third-order valence-corrected chi connectivity index (χ3v) is 8.05. The zero-order chi connectivity index (χ0) is 22.3. The van der Waals surface area contributed by atoms with E-state index in [1.807, 2.05) is 0 Å². The summed E-state index contributed by atoms with van der Waals surface area (Å²) in [4.78, 5) is 25.0. The van der Waals surface area contributed by atoms with Crippen LogP contribution in [0.4, 0.5) is 0 Å². The largest absolute Gasteiger partial charge is 0.508 e. The summed E-state index contributed by atoms with van der Waals surface area (Å²) in [6, 6.07) is 12.2. The van der Waals surface area contributed by atoms with Gasteiger partial charge < -0.3 is 19.7 Å². The number of fused-ring (bicyclic) bond motifs is 5. The van der Waals surface area contributed by atoms with Gasteiger partial charge in [0.15, 0.2) is 0 Å². The van der Waals surface area contributed by atoms with Gasteiger partial charge in [0.2, 0.25) is 0 Å². The summed E-state index contributed by atoms with van der Waals surface area (Å²) in [6.07, 6.45) is 5.51. The molecule has 6 nitrogen and oxygen atoms in total. The van der Waals surface area contributed by atoms with Gasteiger partial charge in [-0.25, -0.2) is 9.59 Å². The minimum atomic E-state index is -0.371. The second-order valence-electron chi connectivity index (χ2n) is 9.60. The van der Waals surface area contributed by atoms with E-state index in [0.29, 0.717) is 42.1 Å². The van der Waals surface area contributed by atoms with Gasteiger partial charge in [0, 0.05) is 5.41 Å². The Hall–Kier alpha value is -3.02. The molecule has 5 rings (SSSR count). The van der Waals surface area contributed by atoms with Crippen LogP contribution in [0.5, 0.6) is 11.5 Å². The first kappa shape index (κ1) is 20.9. The summed E-state index contributed by atoms with van der Waals surface area (Å²) >= 11 is 0. The summed E-state index contributed by atoms with van der Waals surface area (Å²) in [7, 11) is 0. The molecular weight excluding hydrogens is 408 g/mol. The van der Waals surface area contributed by atoms with Gasteiger partial charge >= 0.3 is 11.9 Å². The number of carbonyl (C=O) groups excluding carboxylic acids is 2. The number of phenols is 2. The van der Waals surface area contributed by atoms with Gasteiger partial charge in [-0.05, 0) is 104 Å². The molecule has 5 atom stereocenters. The number of phenolic OH excluding ortho intramolecular Hbond substituents is 2. The number of rotatable bonds is 6. The third-order valence-electron chi connectivity index (χ3n) is 8.05. The Bertz CT molecular complexity index is 998. The van der Waals surface area contributed by atoms with Crippen LogP contribution in [-0.4, -0.2) is 35.4 Å². The van der Waals surface area contributed by atoms with E-state index in [1.165, 1.54) is 43.5 Å². The number of benzene rings is 2. The molecule has 0 aliphatic heterocycles. The van der Waals surface area contributed by atoms with E-state index in [4.69, 9.17) is 9.47 Å². The van der Waals surface area contributed by atoms with Gasteiger partial charge in [-0.1, -0.05) is 0 Å². The van der Waals surface area contributed by atoms with Crippen molar-refractivity contribution in [3.8, 4) is 11.5 Å². The first-order chi connectivity index (χ1) is 15.5. The molecule has 2 bridgehead atoms. The molecule has 3 saturated carbocycles. The SMILES string of the molecule is O=C(OCC1CCC2(COC(=O)c3ccc(O)cc3)C3CCC(C3)C12)c1ccc(O)cc1. The van der Waals surface area contributed by atoms with Crippen molar-refractivity contribution in [3.05, 3.63) is 59.7 Å². The van der Waals surface area contributed by atoms with E-state index in [0.717, 1.165) is 12.8 Å². The molecule has 0 saturated heterocycles. The van der Waals surface area contributed by atoms with E-state index in [1.54, 1.807) is 24.3 Å². The Morgan fingerprint density at radius 1 is 0.844 bits per heavy atom. The fourth-order valence-electron chi connectivity index (χ4n) is 6.68. The first-order valence-electron chi connectivity index (χ1n) is 11.4. The molecule has 0 amide bonds. The topological polar surface area (TPSA) is 93.1 Å². The van der Waals surface area contributed by atoms with Gasteiger partial charge in [0.05, 0.1) is 24.3 Å². The average molecular weight is 437 g/mol. The van der Waals surface area contributed by atoms with Crippen molar-refractivity contribution < 1.29 is 29.3 Å². The second kappa shape index (κ2) is 8.15. The van der Waals surface area contributed by atoms with Crippen LogP contribution in [0.25, 0.3) is 0 Å². The number of aromatic hydroxyl groups is 2. The molecule has 0 heterocycles. The van der Waals surface area contributed by atoms with Crippen molar-refractivity contribution >= 4 is 11.9 Å². The Labute approximate surface area is 187 Å². The molecule has 0 aromatic heterocycles. The maximum absolute atomic E-state index is 12.6. The maximum Gasteiger partial charge on any atom is 0.338 e. The Kier molecular flexibility index (Phi) is 5.31. The molecule has 3 aliphatic rings. The molecule has 2 aromatic rings. The predicted octanol–water partition coefficient (Wildman–Crippen LogP) is 4.55. The van der Waals surface area contributed by atoms with Crippen molar-refractivity contribution in [1.82, 2.24) is 0 Å². The molecule has 6 heteroatoms. The van der Waals surface area contributed by atoms with Crippen molar-refractivity contribution in [1.29, 1.82) is 0 Å². The monoisotopic (exact) mass is 436 g/mol. The minimum absolute atomic E-state index is 0.0227. The smallest absolute Gasteiger partial charge is 0.338 e. The van der Waals surface area contributed by atoms with Gasteiger partial charge in [0.1, 0.15) is 11.5 Å². The Balaban J connectivity index is 1.25. The fraction of sp³-hybridized carbons (Fsp3) is 0.462. The van der Waals surface area contributed by atoms with Gasteiger partial charge in [-0.2, -0.15) is 0 Å². The van der Waals surface area contributed by atoms with Gasteiger partial charge in [0.25, 0.3) is 0 Å². The van der Waals surface area contributed by atoms with E-state index in [2.05, 4.69) is 0 Å². The lowest BCUT2D eigenvalue weighted by Gasteiger charge is -2.40. The lowest BCUT2D eigenvalue weighted by molar-refractivity contribution is -0.0155. The molecule has 0 spiro atoms. The van der Waals surface area contributed by atoms with E-state index >= 15 is 0 Å². The summed E-state index contributed by atoms with van der Waals surface area (Å²) in [5.74, 6) is 1.35. The predicted molar refractivity (Wildman–Crippen MR) is 116 cm³/mol.